The van der Waals surface area contributed by atoms with E-state index < -0.39 is 17.8 Å². The van der Waals surface area contributed by atoms with Crippen molar-refractivity contribution < 1.29 is 23.9 Å². The van der Waals surface area contributed by atoms with Crippen molar-refractivity contribution >= 4 is 29.5 Å². The Kier molecular flexibility index (Phi) is 5.21. The number of amides is 2. The van der Waals surface area contributed by atoms with Gasteiger partial charge in [0.05, 0.1) is 25.0 Å². The highest BCUT2D eigenvalue weighted by Crippen LogP contribution is 2.25. The monoisotopic (exact) mass is 366 g/mol. The third-order valence-corrected chi connectivity index (χ3v) is 3.97. The summed E-state index contributed by atoms with van der Waals surface area (Å²) in [5.74, 6) is -0.893. The molecule has 0 unspecified atom stereocenters. The number of nitrogens with one attached hydrogen (secondary N) is 1. The summed E-state index contributed by atoms with van der Waals surface area (Å²) in [6.07, 6.45) is 1.49. The van der Waals surface area contributed by atoms with Crippen molar-refractivity contribution in [3.63, 3.8) is 0 Å². The zero-order valence-corrected chi connectivity index (χ0v) is 14.9. The van der Waals surface area contributed by atoms with Crippen LogP contribution in [0.5, 0.6) is 5.75 Å². The zero-order valence-electron chi connectivity index (χ0n) is 14.9. The van der Waals surface area contributed by atoms with Gasteiger partial charge in [0.25, 0.3) is 11.8 Å². The predicted octanol–water partition coefficient (Wildman–Crippen LogP) is 2.33. The van der Waals surface area contributed by atoms with Gasteiger partial charge in [-0.1, -0.05) is 18.2 Å². The maximum Gasteiger partial charge on any atom is 0.338 e. The van der Waals surface area contributed by atoms with Crippen LogP contribution in [0.1, 0.15) is 22.8 Å². The van der Waals surface area contributed by atoms with Crippen LogP contribution in [-0.4, -0.2) is 31.5 Å². The number of benzene rings is 2. The highest BCUT2D eigenvalue weighted by atomic mass is 16.5. The Balaban J connectivity index is 1.86. The molecule has 138 valence electrons. The summed E-state index contributed by atoms with van der Waals surface area (Å²) in [4.78, 5) is 36.7. The first-order valence-electron chi connectivity index (χ1n) is 8.32. The van der Waals surface area contributed by atoms with Gasteiger partial charge in [0.15, 0.2) is 0 Å². The fourth-order valence-corrected chi connectivity index (χ4v) is 2.64. The van der Waals surface area contributed by atoms with Crippen LogP contribution in [-0.2, 0) is 14.3 Å². The second-order valence-corrected chi connectivity index (χ2v) is 5.65. The number of hydrazine groups is 1. The summed E-state index contributed by atoms with van der Waals surface area (Å²) in [5.41, 5.74) is 3.94. The molecule has 7 nitrogen and oxygen atoms in total. The zero-order chi connectivity index (χ0) is 19.4. The Morgan fingerprint density at radius 3 is 2.48 bits per heavy atom. The SMILES string of the molecule is CCOC(=O)c1ccc(N2NC(=O)C(=Cc3ccccc3OC)C2=O)cc1. The molecule has 2 aromatic rings. The summed E-state index contributed by atoms with van der Waals surface area (Å²) in [5, 5.41) is 1.14. The van der Waals surface area contributed by atoms with Gasteiger partial charge in [-0.05, 0) is 43.3 Å². The molecule has 7 heteroatoms. The topological polar surface area (TPSA) is 84.9 Å². The summed E-state index contributed by atoms with van der Waals surface area (Å²) >= 11 is 0. The van der Waals surface area contributed by atoms with E-state index in [0.29, 0.717) is 22.6 Å². The first kappa shape index (κ1) is 18.2. The molecule has 0 bridgehead atoms. The standard InChI is InChI=1S/C20H18N2O5/c1-3-27-20(25)13-8-10-15(11-9-13)22-19(24)16(18(23)21-22)12-14-6-4-5-7-17(14)26-2/h4-12H,3H2,1-2H3,(H,21,23). The molecule has 1 saturated heterocycles. The van der Waals surface area contributed by atoms with Crippen LogP contribution >= 0.6 is 0 Å². The van der Waals surface area contributed by atoms with Crippen molar-refractivity contribution in [2.45, 2.75) is 6.92 Å². The molecule has 1 heterocycles. The number of ether oxygens (including phenoxy) is 2. The number of hydrogen-bond donors (Lipinski definition) is 1. The maximum absolute atomic E-state index is 12.7. The lowest BCUT2D eigenvalue weighted by Crippen LogP contribution is -2.35. The number of hydrogen-bond acceptors (Lipinski definition) is 5. The molecule has 2 aromatic carbocycles. The van der Waals surface area contributed by atoms with E-state index in [9.17, 15) is 14.4 Å². The molecule has 1 N–H and O–H groups in total. The summed E-state index contributed by atoms with van der Waals surface area (Å²) in [6, 6.07) is 13.3. The van der Waals surface area contributed by atoms with Crippen LogP contribution in [0.15, 0.2) is 54.1 Å². The molecule has 0 spiro atoms. The van der Waals surface area contributed by atoms with Crippen LogP contribution in [0.2, 0.25) is 0 Å². The molecule has 1 aliphatic heterocycles. The molecule has 27 heavy (non-hydrogen) atoms. The molecule has 0 aromatic heterocycles. The van der Waals surface area contributed by atoms with Crippen molar-refractivity contribution in [2.24, 2.45) is 0 Å². The first-order chi connectivity index (χ1) is 13.0. The van der Waals surface area contributed by atoms with Crippen molar-refractivity contribution in [1.29, 1.82) is 0 Å². The number of esters is 1. The molecule has 2 amide bonds. The minimum absolute atomic E-state index is 0.00558. The quantitative estimate of drug-likeness (QED) is 0.499. The van der Waals surface area contributed by atoms with Crippen LogP contribution in [0, 0.1) is 0 Å². The smallest absolute Gasteiger partial charge is 0.338 e. The second-order valence-electron chi connectivity index (χ2n) is 5.65. The number of nitrogens with zero attached hydrogens (tertiary/aromatic N) is 1. The van der Waals surface area contributed by atoms with Crippen molar-refractivity contribution in [3.8, 4) is 5.75 Å². The fourth-order valence-electron chi connectivity index (χ4n) is 2.64. The van der Waals surface area contributed by atoms with Gasteiger partial charge in [-0.25, -0.2) is 9.80 Å². The lowest BCUT2D eigenvalue weighted by Gasteiger charge is -2.14. The van der Waals surface area contributed by atoms with Crippen molar-refractivity contribution in [1.82, 2.24) is 5.43 Å². The summed E-state index contributed by atoms with van der Waals surface area (Å²) in [7, 11) is 1.52. The predicted molar refractivity (Wildman–Crippen MR) is 99.0 cm³/mol. The first-order valence-corrected chi connectivity index (χ1v) is 8.32. The Bertz CT molecular complexity index is 918. The van der Waals surface area contributed by atoms with Gasteiger partial charge in [0.1, 0.15) is 11.3 Å². The van der Waals surface area contributed by atoms with E-state index >= 15 is 0 Å². The Morgan fingerprint density at radius 1 is 1.11 bits per heavy atom. The van der Waals surface area contributed by atoms with Gasteiger partial charge in [-0.15, -0.1) is 0 Å². The number of carbonyl (C=O) groups is 3. The Hall–Kier alpha value is -3.61. The van der Waals surface area contributed by atoms with Crippen LogP contribution in [0.3, 0.4) is 0 Å². The molecule has 0 saturated carbocycles. The number of methoxy groups -OCH3 is 1. The lowest BCUT2D eigenvalue weighted by atomic mass is 10.1. The van der Waals surface area contributed by atoms with Crippen LogP contribution in [0.25, 0.3) is 6.08 Å². The lowest BCUT2D eigenvalue weighted by molar-refractivity contribution is -0.117. The Morgan fingerprint density at radius 2 is 1.81 bits per heavy atom. The molecule has 1 aliphatic rings. The van der Waals surface area contributed by atoms with Crippen molar-refractivity contribution in [2.75, 3.05) is 18.7 Å². The van der Waals surface area contributed by atoms with Gasteiger partial charge in [0.2, 0.25) is 0 Å². The molecule has 3 rings (SSSR count). The summed E-state index contributed by atoms with van der Waals surface area (Å²) < 4.78 is 10.2. The molecule has 1 fully saturated rings. The van der Waals surface area contributed by atoms with E-state index in [1.807, 2.05) is 0 Å². The minimum atomic E-state index is -0.514. The van der Waals surface area contributed by atoms with E-state index in [4.69, 9.17) is 9.47 Å². The maximum atomic E-state index is 12.7. The molecule has 0 radical (unpaired) electrons. The third kappa shape index (κ3) is 3.67. The van der Waals surface area contributed by atoms with E-state index in [-0.39, 0.29) is 12.2 Å². The number of carbonyl (C=O) groups excluding carboxylic acids is 3. The van der Waals surface area contributed by atoms with Gasteiger partial charge in [-0.2, -0.15) is 0 Å². The normalized spacial score (nSPS) is 15.0. The number of anilines is 1. The molecular formula is C20H18N2O5. The average Bonchev–Trinajstić information content (AvgIpc) is 2.97. The number of rotatable bonds is 5. The van der Waals surface area contributed by atoms with Gasteiger partial charge < -0.3 is 9.47 Å². The van der Waals surface area contributed by atoms with E-state index in [1.165, 1.54) is 25.3 Å². The highest BCUT2D eigenvalue weighted by molar-refractivity contribution is 6.31. The van der Waals surface area contributed by atoms with E-state index in [1.54, 1.807) is 43.3 Å². The number of para-hydroxylation sites is 1. The van der Waals surface area contributed by atoms with Gasteiger partial charge in [0, 0.05) is 5.56 Å². The van der Waals surface area contributed by atoms with E-state index in [2.05, 4.69) is 5.43 Å². The average molecular weight is 366 g/mol. The van der Waals surface area contributed by atoms with Gasteiger partial charge >= 0.3 is 5.97 Å². The molecule has 0 aliphatic carbocycles. The Labute approximate surface area is 156 Å². The third-order valence-electron chi connectivity index (χ3n) is 3.97. The van der Waals surface area contributed by atoms with Gasteiger partial charge in [-0.3, -0.25) is 15.0 Å². The molecule has 0 atom stereocenters. The highest BCUT2D eigenvalue weighted by Gasteiger charge is 2.34. The molecular weight excluding hydrogens is 348 g/mol. The van der Waals surface area contributed by atoms with Crippen LogP contribution < -0.4 is 15.2 Å². The van der Waals surface area contributed by atoms with Crippen LogP contribution in [0.4, 0.5) is 5.69 Å². The fraction of sp³-hybridized carbons (Fsp3) is 0.150. The van der Waals surface area contributed by atoms with Crippen molar-refractivity contribution in [3.05, 3.63) is 65.2 Å². The second kappa shape index (κ2) is 7.74. The summed E-state index contributed by atoms with van der Waals surface area (Å²) in [6.45, 7) is 2.00. The largest absolute Gasteiger partial charge is 0.496 e. The van der Waals surface area contributed by atoms with E-state index in [0.717, 1.165) is 5.01 Å². The minimum Gasteiger partial charge on any atom is -0.496 e.